The van der Waals surface area contributed by atoms with Gasteiger partial charge >= 0.3 is 6.09 Å². The number of fused-ring (bicyclic) bond motifs is 2. The molecule has 190 valence electrons. The molecule has 0 radical (unpaired) electrons. The predicted octanol–water partition coefficient (Wildman–Crippen LogP) is 5.79. The summed E-state index contributed by atoms with van der Waals surface area (Å²) in [7, 11) is 0. The van der Waals surface area contributed by atoms with Crippen LogP contribution in [0.3, 0.4) is 0 Å². The Bertz CT molecular complexity index is 1540. The summed E-state index contributed by atoms with van der Waals surface area (Å²) in [5.41, 5.74) is 2.78. The number of nitriles is 1. The predicted molar refractivity (Wildman–Crippen MR) is 142 cm³/mol. The standard InChI is InChI=1S/C27H27ClN6O3/c1-16-8-9-20-19(15-30-32-20)24(16)36-21-7-5-6-17-22(21)31-25(28)18(14-29)23(17)33-10-12-34(13-11-33)26(35)37-27(2,3)4/h5-9,15H,10-13H2,1-4H3,(H,30,32). The minimum absolute atomic E-state index is 0.105. The Morgan fingerprint density at radius 1 is 1.14 bits per heavy atom. The summed E-state index contributed by atoms with van der Waals surface area (Å²) in [6.45, 7) is 9.46. The van der Waals surface area contributed by atoms with Gasteiger partial charge in [-0.25, -0.2) is 9.78 Å². The number of piperazine rings is 1. The van der Waals surface area contributed by atoms with Gasteiger partial charge < -0.3 is 19.3 Å². The smallest absolute Gasteiger partial charge is 0.410 e. The van der Waals surface area contributed by atoms with Crippen molar-refractivity contribution in [3.05, 3.63) is 52.8 Å². The molecule has 2 aromatic carbocycles. The maximum absolute atomic E-state index is 12.5. The molecule has 1 amide bonds. The minimum Gasteiger partial charge on any atom is -0.454 e. The van der Waals surface area contributed by atoms with Crippen LogP contribution in [0.2, 0.25) is 5.15 Å². The van der Waals surface area contributed by atoms with E-state index in [1.165, 1.54) is 0 Å². The number of anilines is 1. The molecule has 0 unspecified atom stereocenters. The van der Waals surface area contributed by atoms with Crippen LogP contribution in [0.15, 0.2) is 36.5 Å². The minimum atomic E-state index is -0.563. The number of H-pyrrole nitrogens is 1. The summed E-state index contributed by atoms with van der Waals surface area (Å²) in [5, 5.41) is 18.8. The van der Waals surface area contributed by atoms with Gasteiger partial charge in [-0.15, -0.1) is 0 Å². The number of aromatic amines is 1. The monoisotopic (exact) mass is 518 g/mol. The molecule has 1 aliphatic rings. The molecule has 10 heteroatoms. The second-order valence-corrected chi connectivity index (χ2v) is 10.3. The van der Waals surface area contributed by atoms with Gasteiger partial charge in [0.05, 0.1) is 22.8 Å². The lowest BCUT2D eigenvalue weighted by atomic mass is 10.1. The van der Waals surface area contributed by atoms with Crippen molar-refractivity contribution >= 4 is 45.2 Å². The molecule has 0 atom stereocenters. The van der Waals surface area contributed by atoms with Crippen molar-refractivity contribution in [3.63, 3.8) is 0 Å². The van der Waals surface area contributed by atoms with Gasteiger partial charge in [0.25, 0.3) is 0 Å². The van der Waals surface area contributed by atoms with Crippen molar-refractivity contribution in [2.75, 3.05) is 31.1 Å². The van der Waals surface area contributed by atoms with E-state index in [9.17, 15) is 10.1 Å². The fourth-order valence-electron chi connectivity index (χ4n) is 4.51. The van der Waals surface area contributed by atoms with Crippen LogP contribution in [-0.4, -0.2) is 58.0 Å². The number of nitrogens with one attached hydrogen (secondary N) is 1. The molecule has 37 heavy (non-hydrogen) atoms. The van der Waals surface area contributed by atoms with Gasteiger partial charge in [-0.1, -0.05) is 29.8 Å². The van der Waals surface area contributed by atoms with Gasteiger partial charge in [0.2, 0.25) is 0 Å². The van der Waals surface area contributed by atoms with E-state index in [1.807, 2.05) is 58.0 Å². The van der Waals surface area contributed by atoms with Crippen LogP contribution in [0.4, 0.5) is 10.5 Å². The number of nitrogens with zero attached hydrogens (tertiary/aromatic N) is 5. The summed E-state index contributed by atoms with van der Waals surface area (Å²) in [5.74, 6) is 1.20. The maximum atomic E-state index is 12.5. The highest BCUT2D eigenvalue weighted by molar-refractivity contribution is 6.32. The van der Waals surface area contributed by atoms with Crippen LogP contribution in [-0.2, 0) is 4.74 Å². The fraction of sp³-hybridized carbons (Fsp3) is 0.333. The maximum Gasteiger partial charge on any atom is 0.410 e. The highest BCUT2D eigenvalue weighted by atomic mass is 35.5. The van der Waals surface area contributed by atoms with Crippen molar-refractivity contribution in [1.82, 2.24) is 20.1 Å². The molecule has 3 heterocycles. The van der Waals surface area contributed by atoms with Crippen LogP contribution < -0.4 is 9.64 Å². The number of pyridine rings is 1. The Hall–Kier alpha value is -4.03. The molecule has 1 fully saturated rings. The van der Waals surface area contributed by atoms with Crippen molar-refractivity contribution < 1.29 is 14.3 Å². The van der Waals surface area contributed by atoms with Crippen LogP contribution >= 0.6 is 11.6 Å². The molecule has 9 nitrogen and oxygen atoms in total. The summed E-state index contributed by atoms with van der Waals surface area (Å²) in [6.07, 6.45) is 1.39. The number of aryl methyl sites for hydroxylation is 1. The molecular formula is C27H27ClN6O3. The van der Waals surface area contributed by atoms with E-state index in [1.54, 1.807) is 11.1 Å². The van der Waals surface area contributed by atoms with E-state index in [-0.39, 0.29) is 11.2 Å². The fourth-order valence-corrected chi connectivity index (χ4v) is 4.73. The number of halogens is 1. The topological polar surface area (TPSA) is 107 Å². The molecule has 0 spiro atoms. The average molecular weight is 519 g/mol. The number of benzene rings is 2. The van der Waals surface area contributed by atoms with E-state index in [4.69, 9.17) is 21.1 Å². The van der Waals surface area contributed by atoms with Gasteiger partial charge in [0.15, 0.2) is 5.75 Å². The average Bonchev–Trinajstić information content (AvgIpc) is 3.33. The molecule has 0 saturated carbocycles. The lowest BCUT2D eigenvalue weighted by molar-refractivity contribution is 0.0240. The van der Waals surface area contributed by atoms with E-state index in [2.05, 4.69) is 26.2 Å². The van der Waals surface area contributed by atoms with Crippen LogP contribution in [0.1, 0.15) is 31.9 Å². The molecule has 0 aliphatic carbocycles. The SMILES string of the molecule is Cc1ccc2[nH]ncc2c1Oc1cccc2c(N3CCN(C(=O)OC(C)(C)C)CC3)c(C#N)c(Cl)nc12. The van der Waals surface area contributed by atoms with Crippen molar-refractivity contribution in [1.29, 1.82) is 5.26 Å². The van der Waals surface area contributed by atoms with Crippen molar-refractivity contribution in [2.24, 2.45) is 0 Å². The van der Waals surface area contributed by atoms with Gasteiger partial charge in [-0.3, -0.25) is 5.10 Å². The zero-order chi connectivity index (χ0) is 26.3. The van der Waals surface area contributed by atoms with E-state index >= 15 is 0 Å². The second-order valence-electron chi connectivity index (χ2n) is 9.99. The van der Waals surface area contributed by atoms with Crippen LogP contribution in [0.25, 0.3) is 21.8 Å². The third-order valence-electron chi connectivity index (χ3n) is 6.25. The summed E-state index contributed by atoms with van der Waals surface area (Å²) >= 11 is 6.55. The molecule has 4 aromatic rings. The number of carbonyl (C=O) groups excluding carboxylic acids is 1. The van der Waals surface area contributed by atoms with Crippen molar-refractivity contribution in [3.8, 4) is 17.6 Å². The number of rotatable bonds is 3. The molecule has 1 N–H and O–H groups in total. The number of hydrogen-bond acceptors (Lipinski definition) is 7. The Kier molecular flexibility index (Phi) is 6.30. The Morgan fingerprint density at radius 3 is 2.59 bits per heavy atom. The van der Waals surface area contributed by atoms with Crippen LogP contribution in [0, 0.1) is 18.3 Å². The molecule has 2 aromatic heterocycles. The highest BCUT2D eigenvalue weighted by Gasteiger charge is 2.29. The Balaban J connectivity index is 1.52. The summed E-state index contributed by atoms with van der Waals surface area (Å²) in [6, 6.07) is 11.8. The first-order valence-electron chi connectivity index (χ1n) is 12.0. The molecule has 1 saturated heterocycles. The lowest BCUT2D eigenvalue weighted by Gasteiger charge is -2.37. The zero-order valence-corrected chi connectivity index (χ0v) is 21.9. The molecule has 1 aliphatic heterocycles. The second kappa shape index (κ2) is 9.45. The third-order valence-corrected chi connectivity index (χ3v) is 6.52. The Morgan fingerprint density at radius 2 is 1.89 bits per heavy atom. The number of carbonyl (C=O) groups is 1. The summed E-state index contributed by atoms with van der Waals surface area (Å²) < 4.78 is 11.9. The molecular weight excluding hydrogens is 492 g/mol. The normalized spacial score (nSPS) is 14.2. The van der Waals surface area contributed by atoms with Gasteiger partial charge in [0, 0.05) is 31.6 Å². The Labute approximate surface area is 219 Å². The largest absolute Gasteiger partial charge is 0.454 e. The van der Waals surface area contributed by atoms with E-state index in [0.29, 0.717) is 54.4 Å². The summed E-state index contributed by atoms with van der Waals surface area (Å²) in [4.78, 5) is 20.9. The number of hydrogen-bond donors (Lipinski definition) is 1. The van der Waals surface area contributed by atoms with Gasteiger partial charge in [0.1, 0.15) is 33.7 Å². The number of aromatic nitrogens is 3. The molecule has 0 bridgehead atoms. The first-order chi connectivity index (χ1) is 17.7. The zero-order valence-electron chi connectivity index (χ0n) is 21.1. The van der Waals surface area contributed by atoms with Crippen LogP contribution in [0.5, 0.6) is 11.5 Å². The quantitative estimate of drug-likeness (QED) is 0.342. The van der Waals surface area contributed by atoms with Gasteiger partial charge in [-0.2, -0.15) is 10.4 Å². The highest BCUT2D eigenvalue weighted by Crippen LogP contribution is 2.40. The lowest BCUT2D eigenvalue weighted by Crippen LogP contribution is -2.50. The number of ether oxygens (including phenoxy) is 2. The van der Waals surface area contributed by atoms with E-state index < -0.39 is 5.60 Å². The first-order valence-corrected chi connectivity index (χ1v) is 12.4. The van der Waals surface area contributed by atoms with Crippen molar-refractivity contribution in [2.45, 2.75) is 33.3 Å². The first kappa shape index (κ1) is 24.7. The van der Waals surface area contributed by atoms with Gasteiger partial charge in [-0.05, 0) is 45.4 Å². The number of para-hydroxylation sites is 1. The third kappa shape index (κ3) is 4.72. The molecule has 5 rings (SSSR count). The van der Waals surface area contributed by atoms with E-state index in [0.717, 1.165) is 21.9 Å². The number of amides is 1.